The van der Waals surface area contributed by atoms with Gasteiger partial charge in [0.15, 0.2) is 23.4 Å². The molecule has 0 spiro atoms. The quantitative estimate of drug-likeness (QED) is 0.622. The van der Waals surface area contributed by atoms with Crippen LogP contribution < -0.4 is 14.8 Å². The summed E-state index contributed by atoms with van der Waals surface area (Å²) in [4.78, 5) is 36.3. The number of benzene rings is 2. The van der Waals surface area contributed by atoms with Crippen molar-refractivity contribution in [1.82, 2.24) is 0 Å². The fourth-order valence-corrected chi connectivity index (χ4v) is 2.77. The zero-order valence-corrected chi connectivity index (χ0v) is 15.3. The zero-order valence-electron chi connectivity index (χ0n) is 14.6. The molecule has 0 unspecified atom stereocenters. The minimum atomic E-state index is -1.10. The number of ether oxygens (including phenoxy) is 3. The largest absolute Gasteiger partial charge is 0.454 e. The van der Waals surface area contributed by atoms with Crippen LogP contribution in [0.3, 0.4) is 0 Å². The van der Waals surface area contributed by atoms with Gasteiger partial charge in [0.1, 0.15) is 0 Å². The smallest absolute Gasteiger partial charge is 0.339 e. The van der Waals surface area contributed by atoms with E-state index in [-0.39, 0.29) is 23.2 Å². The van der Waals surface area contributed by atoms with E-state index in [0.717, 1.165) is 0 Å². The number of ketones is 1. The zero-order chi connectivity index (χ0) is 19.6. The summed E-state index contributed by atoms with van der Waals surface area (Å²) >= 11 is 6.05. The maximum atomic E-state index is 12.3. The Morgan fingerprint density at radius 3 is 2.67 bits per heavy atom. The van der Waals surface area contributed by atoms with Crippen LogP contribution >= 0.6 is 11.6 Å². The Morgan fingerprint density at radius 2 is 1.93 bits per heavy atom. The van der Waals surface area contributed by atoms with Crippen LogP contribution in [-0.2, 0) is 9.53 Å². The van der Waals surface area contributed by atoms with Crippen LogP contribution in [0.25, 0.3) is 0 Å². The minimum absolute atomic E-state index is 0.0158. The first kappa shape index (κ1) is 18.7. The standard InChI is InChI=1S/C19H16ClNO6/c1-10(22)13-5-3-4-6-15(13)21-18(23)11(2)27-19(24)12-7-14(20)17-16(8-12)25-9-26-17/h3-8,11H,9H2,1-2H3,(H,21,23)/t11-/m1/s1. The highest BCUT2D eigenvalue weighted by molar-refractivity contribution is 6.32. The molecule has 1 heterocycles. The van der Waals surface area contributed by atoms with Crippen molar-refractivity contribution in [2.75, 3.05) is 12.1 Å². The van der Waals surface area contributed by atoms with Crippen molar-refractivity contribution in [1.29, 1.82) is 0 Å². The third-order valence-corrected chi connectivity index (χ3v) is 4.16. The van der Waals surface area contributed by atoms with Crippen molar-refractivity contribution >= 4 is 34.9 Å². The summed E-state index contributed by atoms with van der Waals surface area (Å²) < 4.78 is 15.6. The van der Waals surface area contributed by atoms with E-state index in [1.807, 2.05) is 0 Å². The Hall–Kier alpha value is -3.06. The van der Waals surface area contributed by atoms with Gasteiger partial charge in [-0.15, -0.1) is 0 Å². The molecule has 0 aliphatic carbocycles. The van der Waals surface area contributed by atoms with Crippen LogP contribution in [0.5, 0.6) is 11.5 Å². The van der Waals surface area contributed by atoms with Gasteiger partial charge < -0.3 is 19.5 Å². The first-order chi connectivity index (χ1) is 12.9. The number of hydrogen-bond donors (Lipinski definition) is 1. The molecule has 0 fully saturated rings. The third-order valence-electron chi connectivity index (χ3n) is 3.88. The first-order valence-corrected chi connectivity index (χ1v) is 8.45. The van der Waals surface area contributed by atoms with E-state index in [0.29, 0.717) is 22.7 Å². The van der Waals surface area contributed by atoms with E-state index in [1.54, 1.807) is 24.3 Å². The number of fused-ring (bicyclic) bond motifs is 1. The number of para-hydroxylation sites is 1. The highest BCUT2D eigenvalue weighted by Gasteiger charge is 2.24. The van der Waals surface area contributed by atoms with Gasteiger partial charge in [0.2, 0.25) is 6.79 Å². The molecule has 0 radical (unpaired) electrons. The molecule has 0 bridgehead atoms. The average Bonchev–Trinajstić information content (AvgIpc) is 3.11. The van der Waals surface area contributed by atoms with E-state index in [4.69, 9.17) is 25.8 Å². The molecule has 1 amide bonds. The lowest BCUT2D eigenvalue weighted by atomic mass is 10.1. The number of esters is 1. The number of nitrogens with one attached hydrogen (secondary N) is 1. The molecule has 1 atom stereocenters. The fraction of sp³-hybridized carbons (Fsp3) is 0.211. The molecular weight excluding hydrogens is 374 g/mol. The van der Waals surface area contributed by atoms with Gasteiger partial charge in [-0.25, -0.2) is 4.79 Å². The molecule has 8 heteroatoms. The molecule has 140 valence electrons. The van der Waals surface area contributed by atoms with E-state index in [1.165, 1.54) is 26.0 Å². The predicted octanol–water partition coefficient (Wildman–Crippen LogP) is 3.46. The van der Waals surface area contributed by atoms with Gasteiger partial charge in [-0.05, 0) is 38.1 Å². The normalized spacial score (nSPS) is 13.0. The van der Waals surface area contributed by atoms with Crippen molar-refractivity contribution in [3.63, 3.8) is 0 Å². The van der Waals surface area contributed by atoms with Crippen molar-refractivity contribution < 1.29 is 28.6 Å². The van der Waals surface area contributed by atoms with Gasteiger partial charge in [0, 0.05) is 5.56 Å². The summed E-state index contributed by atoms with van der Waals surface area (Å²) in [6.07, 6.45) is -1.10. The summed E-state index contributed by atoms with van der Waals surface area (Å²) in [5.41, 5.74) is 0.851. The molecule has 0 saturated carbocycles. The van der Waals surface area contributed by atoms with Gasteiger partial charge in [-0.2, -0.15) is 0 Å². The van der Waals surface area contributed by atoms with Gasteiger partial charge in [0.25, 0.3) is 5.91 Å². The van der Waals surface area contributed by atoms with Crippen LogP contribution in [0.1, 0.15) is 34.6 Å². The molecule has 1 aliphatic rings. The molecule has 2 aromatic rings. The maximum absolute atomic E-state index is 12.3. The first-order valence-electron chi connectivity index (χ1n) is 8.07. The number of anilines is 1. The lowest BCUT2D eigenvalue weighted by molar-refractivity contribution is -0.123. The Labute approximate surface area is 160 Å². The Bertz CT molecular complexity index is 926. The summed E-state index contributed by atoms with van der Waals surface area (Å²) in [6, 6.07) is 9.40. The second-order valence-corrected chi connectivity index (χ2v) is 6.24. The van der Waals surface area contributed by atoms with Gasteiger partial charge in [-0.1, -0.05) is 23.7 Å². The fourth-order valence-electron chi connectivity index (χ4n) is 2.50. The maximum Gasteiger partial charge on any atom is 0.339 e. The number of Topliss-reactive ketones (excluding diaryl/α,β-unsaturated/α-hetero) is 1. The lowest BCUT2D eigenvalue weighted by Crippen LogP contribution is -2.30. The Balaban J connectivity index is 1.69. The number of hydrogen-bond acceptors (Lipinski definition) is 6. The van der Waals surface area contributed by atoms with Gasteiger partial charge in [0.05, 0.1) is 16.3 Å². The molecule has 3 rings (SSSR count). The van der Waals surface area contributed by atoms with Crippen molar-refractivity contribution in [3.8, 4) is 11.5 Å². The van der Waals surface area contributed by atoms with Crippen LogP contribution in [0.2, 0.25) is 5.02 Å². The Kier molecular flexibility index (Phi) is 5.32. The lowest BCUT2D eigenvalue weighted by Gasteiger charge is -2.15. The molecule has 27 heavy (non-hydrogen) atoms. The molecule has 1 aliphatic heterocycles. The number of carbonyl (C=O) groups is 3. The number of amides is 1. The number of carbonyl (C=O) groups excluding carboxylic acids is 3. The number of halogens is 1. The van der Waals surface area contributed by atoms with Gasteiger partial charge in [-0.3, -0.25) is 9.59 Å². The van der Waals surface area contributed by atoms with Crippen molar-refractivity contribution in [2.45, 2.75) is 20.0 Å². The van der Waals surface area contributed by atoms with Crippen LogP contribution in [0.4, 0.5) is 5.69 Å². The number of rotatable bonds is 5. The van der Waals surface area contributed by atoms with Crippen molar-refractivity contribution in [3.05, 3.63) is 52.5 Å². The molecule has 1 N–H and O–H groups in total. The summed E-state index contributed by atoms with van der Waals surface area (Å²) in [7, 11) is 0. The summed E-state index contributed by atoms with van der Waals surface area (Å²) in [5, 5.41) is 2.81. The van der Waals surface area contributed by atoms with Crippen molar-refractivity contribution in [2.24, 2.45) is 0 Å². The molecular formula is C19H16ClNO6. The minimum Gasteiger partial charge on any atom is -0.454 e. The van der Waals surface area contributed by atoms with E-state index >= 15 is 0 Å². The molecule has 7 nitrogen and oxygen atoms in total. The third kappa shape index (κ3) is 4.03. The van der Waals surface area contributed by atoms with Crippen LogP contribution in [0.15, 0.2) is 36.4 Å². The predicted molar refractivity (Wildman–Crippen MR) is 97.5 cm³/mol. The van der Waals surface area contributed by atoms with Crippen LogP contribution in [0, 0.1) is 0 Å². The topological polar surface area (TPSA) is 90.9 Å². The molecule has 0 saturated heterocycles. The van der Waals surface area contributed by atoms with E-state index in [9.17, 15) is 14.4 Å². The summed E-state index contributed by atoms with van der Waals surface area (Å²) in [5.74, 6) is -0.797. The highest BCUT2D eigenvalue weighted by atomic mass is 35.5. The van der Waals surface area contributed by atoms with Crippen LogP contribution in [-0.4, -0.2) is 30.6 Å². The molecule has 0 aromatic heterocycles. The average molecular weight is 390 g/mol. The Morgan fingerprint density at radius 1 is 1.19 bits per heavy atom. The second-order valence-electron chi connectivity index (χ2n) is 5.83. The summed E-state index contributed by atoms with van der Waals surface area (Å²) in [6.45, 7) is 2.85. The van der Waals surface area contributed by atoms with Gasteiger partial charge >= 0.3 is 5.97 Å². The monoisotopic (exact) mass is 389 g/mol. The van der Waals surface area contributed by atoms with E-state index < -0.39 is 18.0 Å². The highest BCUT2D eigenvalue weighted by Crippen LogP contribution is 2.39. The SMILES string of the molecule is CC(=O)c1ccccc1NC(=O)[C@@H](C)OC(=O)c1cc(Cl)c2c(c1)OCO2. The second kappa shape index (κ2) is 7.67. The van der Waals surface area contributed by atoms with E-state index in [2.05, 4.69) is 5.32 Å². The molecule has 2 aromatic carbocycles.